The molecular weight excluding hydrogens is 196 g/mol. The van der Waals surface area contributed by atoms with Gasteiger partial charge in [-0.15, -0.1) is 0 Å². The second-order valence-corrected chi connectivity index (χ2v) is 2.82. The second-order valence-electron chi connectivity index (χ2n) is 2.82. The number of nitrogens with zero attached hydrogens (tertiary/aromatic N) is 2. The molecule has 1 aromatic heterocycles. The molecule has 0 unspecified atom stereocenters. The van der Waals surface area contributed by atoms with Crippen LogP contribution in [0, 0.1) is 0 Å². The van der Waals surface area contributed by atoms with Crippen molar-refractivity contribution in [3.8, 4) is 11.3 Å². The lowest BCUT2D eigenvalue weighted by atomic mass is 10.1. The minimum atomic E-state index is -0.560. The number of esters is 1. The van der Waals surface area contributed by atoms with E-state index in [1.54, 1.807) is 0 Å². The zero-order chi connectivity index (χ0) is 10.7. The Kier molecular flexibility index (Phi) is 2.45. The zero-order valence-electron chi connectivity index (χ0n) is 8.01. The van der Waals surface area contributed by atoms with E-state index in [4.69, 9.17) is 0 Å². The minimum Gasteiger partial charge on any atom is -0.464 e. The number of hydrogen-bond donors (Lipinski definition) is 0. The Labute approximate surface area is 85.6 Å². The first kappa shape index (κ1) is 9.39. The molecule has 15 heavy (non-hydrogen) atoms. The molecule has 1 heterocycles. The molecule has 5 nitrogen and oxygen atoms in total. The number of carbonyl (C=O) groups excluding carboxylic acids is 1. The van der Waals surface area contributed by atoms with Gasteiger partial charge in [-0.25, -0.2) is 9.42 Å². The smallest absolute Gasteiger partial charge is 0.362 e. The topological polar surface area (TPSA) is 65.2 Å². The first-order chi connectivity index (χ1) is 7.33. The van der Waals surface area contributed by atoms with Gasteiger partial charge >= 0.3 is 5.97 Å². The molecule has 0 aliphatic carbocycles. The van der Waals surface area contributed by atoms with Crippen molar-refractivity contribution in [1.29, 1.82) is 0 Å². The summed E-state index contributed by atoms with van der Waals surface area (Å²) in [6.45, 7) is 0. The highest BCUT2D eigenvalue weighted by Gasteiger charge is 2.19. The lowest BCUT2D eigenvalue weighted by Gasteiger charge is -1.96. The molecule has 0 bridgehead atoms. The number of benzene rings is 1. The van der Waals surface area contributed by atoms with Crippen molar-refractivity contribution in [3.63, 3.8) is 0 Å². The summed E-state index contributed by atoms with van der Waals surface area (Å²) in [6.07, 6.45) is 0. The highest BCUT2D eigenvalue weighted by molar-refractivity contribution is 5.93. The van der Waals surface area contributed by atoms with Gasteiger partial charge < -0.3 is 4.74 Å². The molecule has 0 atom stereocenters. The quantitative estimate of drug-likeness (QED) is 0.694. The van der Waals surface area contributed by atoms with Crippen LogP contribution in [0.25, 0.3) is 11.3 Å². The largest absolute Gasteiger partial charge is 0.464 e. The number of aromatic nitrogens is 2. The van der Waals surface area contributed by atoms with Gasteiger partial charge in [0, 0.05) is 5.56 Å². The van der Waals surface area contributed by atoms with E-state index in [1.165, 1.54) is 7.11 Å². The molecule has 1 aromatic carbocycles. The van der Waals surface area contributed by atoms with Crippen LogP contribution in [0.3, 0.4) is 0 Å². The van der Waals surface area contributed by atoms with E-state index in [0.29, 0.717) is 5.69 Å². The third-order valence-corrected chi connectivity index (χ3v) is 1.91. The summed E-state index contributed by atoms with van der Waals surface area (Å²) in [5.41, 5.74) is 1.24. The molecule has 0 N–H and O–H groups in total. The van der Waals surface area contributed by atoms with Crippen molar-refractivity contribution >= 4 is 5.97 Å². The lowest BCUT2D eigenvalue weighted by molar-refractivity contribution is 0.0589. The second kappa shape index (κ2) is 3.91. The number of hydrogen-bond acceptors (Lipinski definition) is 5. The SMILES string of the molecule is COC(=O)c1nonc1-c1ccccc1. The van der Waals surface area contributed by atoms with Gasteiger partial charge in [-0.1, -0.05) is 30.3 Å². The minimum absolute atomic E-state index is 0.0868. The Morgan fingerprint density at radius 2 is 2.00 bits per heavy atom. The number of ether oxygens (including phenoxy) is 1. The van der Waals surface area contributed by atoms with Gasteiger partial charge in [0.15, 0.2) is 0 Å². The summed E-state index contributed by atoms with van der Waals surface area (Å²) in [5.74, 6) is -0.560. The fraction of sp³-hybridized carbons (Fsp3) is 0.100. The number of methoxy groups -OCH3 is 1. The zero-order valence-corrected chi connectivity index (χ0v) is 8.01. The van der Waals surface area contributed by atoms with Crippen LogP contribution < -0.4 is 0 Å². The van der Waals surface area contributed by atoms with E-state index >= 15 is 0 Å². The summed E-state index contributed by atoms with van der Waals surface area (Å²) in [5, 5.41) is 7.17. The summed E-state index contributed by atoms with van der Waals surface area (Å²) < 4.78 is 9.08. The molecule has 0 fully saturated rings. The molecule has 0 amide bonds. The van der Waals surface area contributed by atoms with E-state index in [-0.39, 0.29) is 5.69 Å². The molecule has 0 saturated heterocycles. The predicted molar refractivity (Wildman–Crippen MR) is 51.1 cm³/mol. The van der Waals surface area contributed by atoms with Crippen LogP contribution in [-0.4, -0.2) is 23.4 Å². The maximum Gasteiger partial charge on any atom is 0.362 e. The van der Waals surface area contributed by atoms with Crippen molar-refractivity contribution in [1.82, 2.24) is 10.3 Å². The number of rotatable bonds is 2. The Bertz CT molecular complexity index is 465. The fourth-order valence-corrected chi connectivity index (χ4v) is 1.20. The summed E-state index contributed by atoms with van der Waals surface area (Å²) >= 11 is 0. The molecule has 0 radical (unpaired) electrons. The Balaban J connectivity index is 2.46. The highest BCUT2D eigenvalue weighted by atomic mass is 16.6. The fourth-order valence-electron chi connectivity index (χ4n) is 1.20. The van der Waals surface area contributed by atoms with E-state index in [9.17, 15) is 4.79 Å². The summed E-state index contributed by atoms with van der Waals surface area (Å²) in [7, 11) is 1.28. The summed E-state index contributed by atoms with van der Waals surface area (Å²) in [6, 6.07) is 9.17. The van der Waals surface area contributed by atoms with E-state index in [2.05, 4.69) is 19.7 Å². The molecule has 0 aliphatic rings. The molecule has 5 heteroatoms. The Hall–Kier alpha value is -2.17. The molecule has 0 saturated carbocycles. The normalized spacial score (nSPS) is 9.93. The van der Waals surface area contributed by atoms with Crippen molar-refractivity contribution in [3.05, 3.63) is 36.0 Å². The molecule has 0 aliphatic heterocycles. The van der Waals surface area contributed by atoms with Crippen molar-refractivity contribution in [2.75, 3.05) is 7.11 Å². The van der Waals surface area contributed by atoms with Crippen LogP contribution in [0.5, 0.6) is 0 Å². The lowest BCUT2D eigenvalue weighted by Crippen LogP contribution is -2.03. The van der Waals surface area contributed by atoms with Gasteiger partial charge in [0.1, 0.15) is 5.69 Å². The van der Waals surface area contributed by atoms with Gasteiger partial charge in [-0.3, -0.25) is 0 Å². The first-order valence-corrected chi connectivity index (χ1v) is 4.29. The van der Waals surface area contributed by atoms with Crippen LogP contribution >= 0.6 is 0 Å². The molecular formula is C10H8N2O3. The van der Waals surface area contributed by atoms with Gasteiger partial charge in [0.25, 0.3) is 0 Å². The third-order valence-electron chi connectivity index (χ3n) is 1.91. The molecule has 2 rings (SSSR count). The monoisotopic (exact) mass is 204 g/mol. The van der Waals surface area contributed by atoms with Gasteiger partial charge in [-0.2, -0.15) is 0 Å². The van der Waals surface area contributed by atoms with Crippen molar-refractivity contribution < 1.29 is 14.2 Å². The van der Waals surface area contributed by atoms with Gasteiger partial charge in [0.05, 0.1) is 7.11 Å². The van der Waals surface area contributed by atoms with Gasteiger partial charge in [0.2, 0.25) is 5.69 Å². The maximum atomic E-state index is 11.3. The number of carbonyl (C=O) groups is 1. The third kappa shape index (κ3) is 1.71. The Morgan fingerprint density at radius 1 is 1.27 bits per heavy atom. The Morgan fingerprint density at radius 3 is 2.67 bits per heavy atom. The van der Waals surface area contributed by atoms with Crippen LogP contribution in [0.4, 0.5) is 0 Å². The van der Waals surface area contributed by atoms with E-state index < -0.39 is 5.97 Å². The average molecular weight is 204 g/mol. The van der Waals surface area contributed by atoms with E-state index in [1.807, 2.05) is 30.3 Å². The maximum absolute atomic E-state index is 11.3. The molecule has 0 spiro atoms. The van der Waals surface area contributed by atoms with Crippen LogP contribution in [0.1, 0.15) is 10.5 Å². The van der Waals surface area contributed by atoms with E-state index in [0.717, 1.165) is 5.56 Å². The average Bonchev–Trinajstić information content (AvgIpc) is 2.78. The first-order valence-electron chi connectivity index (χ1n) is 4.29. The standard InChI is InChI=1S/C10H8N2O3/c1-14-10(13)9-8(11-15-12-9)7-5-3-2-4-6-7/h2-6H,1H3. The van der Waals surface area contributed by atoms with Crippen molar-refractivity contribution in [2.45, 2.75) is 0 Å². The van der Waals surface area contributed by atoms with Crippen LogP contribution in [0.15, 0.2) is 35.0 Å². The van der Waals surface area contributed by atoms with Crippen LogP contribution in [0.2, 0.25) is 0 Å². The highest BCUT2D eigenvalue weighted by Crippen LogP contribution is 2.19. The predicted octanol–water partition coefficient (Wildman–Crippen LogP) is 1.52. The molecule has 76 valence electrons. The van der Waals surface area contributed by atoms with Gasteiger partial charge in [-0.05, 0) is 10.3 Å². The molecule has 2 aromatic rings. The van der Waals surface area contributed by atoms with Crippen LogP contribution in [-0.2, 0) is 4.74 Å². The summed E-state index contributed by atoms with van der Waals surface area (Å²) in [4.78, 5) is 11.3. The van der Waals surface area contributed by atoms with Crippen molar-refractivity contribution in [2.24, 2.45) is 0 Å².